The number of nitrogens with one attached hydrogen (secondary N) is 2. The Morgan fingerprint density at radius 3 is 2.29 bits per heavy atom. The van der Waals surface area contributed by atoms with Crippen LogP contribution in [-0.4, -0.2) is 24.5 Å². The van der Waals surface area contributed by atoms with Crippen molar-refractivity contribution in [3.8, 4) is 0 Å². The van der Waals surface area contributed by atoms with E-state index >= 15 is 0 Å². The Balaban J connectivity index is 2.23. The highest BCUT2D eigenvalue weighted by molar-refractivity contribution is 5.81. The molecular formula is C14H28N2O. The lowest BCUT2D eigenvalue weighted by molar-refractivity contribution is -0.123. The number of carbonyl (C=O) groups excluding carboxylic acids is 1. The third-order valence-corrected chi connectivity index (χ3v) is 3.58. The Bertz CT molecular complexity index is 232. The van der Waals surface area contributed by atoms with Gasteiger partial charge in [0.05, 0.1) is 6.04 Å². The van der Waals surface area contributed by atoms with Crippen molar-refractivity contribution in [2.24, 2.45) is 11.8 Å². The fourth-order valence-corrected chi connectivity index (χ4v) is 2.31. The van der Waals surface area contributed by atoms with E-state index in [1.54, 1.807) is 0 Å². The maximum atomic E-state index is 11.8. The molecule has 0 aromatic heterocycles. The van der Waals surface area contributed by atoms with E-state index in [1.807, 2.05) is 6.92 Å². The predicted molar refractivity (Wildman–Crippen MR) is 71.9 cm³/mol. The van der Waals surface area contributed by atoms with Crippen LogP contribution in [0.5, 0.6) is 0 Å². The molecule has 1 atom stereocenters. The molecule has 0 aromatic rings. The summed E-state index contributed by atoms with van der Waals surface area (Å²) in [5.41, 5.74) is 0. The highest BCUT2D eigenvalue weighted by Gasteiger charge is 2.22. The zero-order valence-corrected chi connectivity index (χ0v) is 11.8. The summed E-state index contributed by atoms with van der Waals surface area (Å²) in [6.07, 6.45) is 5.00. The molecular weight excluding hydrogens is 212 g/mol. The van der Waals surface area contributed by atoms with Crippen molar-refractivity contribution in [3.63, 3.8) is 0 Å². The SMILES string of the molecule is CC(C)CNC(=O)C(C)NC1CCC(C)CC1. The standard InChI is InChI=1S/C14H28N2O/c1-10(2)9-15-14(17)12(4)16-13-7-5-11(3)6-8-13/h10-13,16H,5-9H2,1-4H3,(H,15,17). The van der Waals surface area contributed by atoms with Gasteiger partial charge in [0.2, 0.25) is 5.91 Å². The van der Waals surface area contributed by atoms with E-state index in [4.69, 9.17) is 0 Å². The van der Waals surface area contributed by atoms with Gasteiger partial charge in [-0.05, 0) is 44.4 Å². The number of hydrogen-bond donors (Lipinski definition) is 2. The quantitative estimate of drug-likeness (QED) is 0.774. The van der Waals surface area contributed by atoms with Gasteiger partial charge in [0, 0.05) is 12.6 Å². The lowest BCUT2D eigenvalue weighted by Crippen LogP contribution is -2.48. The summed E-state index contributed by atoms with van der Waals surface area (Å²) in [6, 6.07) is 0.471. The third kappa shape index (κ3) is 5.53. The largest absolute Gasteiger partial charge is 0.354 e. The monoisotopic (exact) mass is 240 g/mol. The average molecular weight is 240 g/mol. The van der Waals surface area contributed by atoms with Crippen LogP contribution in [0.25, 0.3) is 0 Å². The molecule has 0 aliphatic heterocycles. The van der Waals surface area contributed by atoms with Gasteiger partial charge >= 0.3 is 0 Å². The van der Waals surface area contributed by atoms with Crippen LogP contribution in [0.3, 0.4) is 0 Å². The molecule has 0 spiro atoms. The van der Waals surface area contributed by atoms with Gasteiger partial charge in [-0.2, -0.15) is 0 Å². The molecule has 3 nitrogen and oxygen atoms in total. The van der Waals surface area contributed by atoms with Gasteiger partial charge in [-0.1, -0.05) is 20.8 Å². The average Bonchev–Trinajstić information content (AvgIpc) is 2.28. The first kappa shape index (κ1) is 14.5. The maximum Gasteiger partial charge on any atom is 0.236 e. The van der Waals surface area contributed by atoms with Crippen LogP contribution in [0.15, 0.2) is 0 Å². The van der Waals surface area contributed by atoms with E-state index in [0.29, 0.717) is 12.0 Å². The van der Waals surface area contributed by atoms with Gasteiger partial charge in [0.15, 0.2) is 0 Å². The third-order valence-electron chi connectivity index (χ3n) is 3.58. The van der Waals surface area contributed by atoms with Crippen molar-refractivity contribution in [2.45, 2.75) is 65.5 Å². The van der Waals surface area contributed by atoms with Crippen molar-refractivity contribution < 1.29 is 4.79 Å². The lowest BCUT2D eigenvalue weighted by atomic mass is 9.87. The molecule has 2 N–H and O–H groups in total. The fourth-order valence-electron chi connectivity index (χ4n) is 2.31. The van der Waals surface area contributed by atoms with Gasteiger partial charge in [0.1, 0.15) is 0 Å². The summed E-state index contributed by atoms with van der Waals surface area (Å²) in [6.45, 7) is 9.27. The molecule has 100 valence electrons. The van der Waals surface area contributed by atoms with Gasteiger partial charge < -0.3 is 10.6 Å². The van der Waals surface area contributed by atoms with E-state index in [9.17, 15) is 4.79 Å². The Kier molecular flexibility index (Phi) is 5.96. The minimum absolute atomic E-state index is 0.0628. The second-order valence-electron chi connectivity index (χ2n) is 5.98. The van der Waals surface area contributed by atoms with E-state index in [0.717, 1.165) is 12.5 Å². The van der Waals surface area contributed by atoms with Crippen molar-refractivity contribution in [1.82, 2.24) is 10.6 Å². The van der Waals surface area contributed by atoms with E-state index < -0.39 is 0 Å². The van der Waals surface area contributed by atoms with Crippen molar-refractivity contribution in [2.75, 3.05) is 6.54 Å². The summed E-state index contributed by atoms with van der Waals surface area (Å²) in [5, 5.41) is 6.43. The molecule has 1 rings (SSSR count). The molecule has 1 aliphatic rings. The molecule has 0 bridgehead atoms. The fraction of sp³-hybridized carbons (Fsp3) is 0.929. The molecule has 1 aliphatic carbocycles. The Labute approximate surface area is 106 Å². The first-order valence-electron chi connectivity index (χ1n) is 7.02. The van der Waals surface area contributed by atoms with Crippen LogP contribution < -0.4 is 10.6 Å². The zero-order chi connectivity index (χ0) is 12.8. The molecule has 1 amide bonds. The van der Waals surface area contributed by atoms with E-state index in [1.165, 1.54) is 25.7 Å². The topological polar surface area (TPSA) is 41.1 Å². The first-order valence-corrected chi connectivity index (χ1v) is 7.02. The van der Waals surface area contributed by atoms with E-state index in [-0.39, 0.29) is 11.9 Å². The van der Waals surface area contributed by atoms with Crippen LogP contribution in [0, 0.1) is 11.8 Å². The van der Waals surface area contributed by atoms with Crippen LogP contribution in [-0.2, 0) is 4.79 Å². The molecule has 1 unspecified atom stereocenters. The van der Waals surface area contributed by atoms with Gasteiger partial charge in [0.25, 0.3) is 0 Å². The summed E-state index contributed by atoms with van der Waals surface area (Å²) in [4.78, 5) is 11.8. The number of rotatable bonds is 5. The van der Waals surface area contributed by atoms with Crippen LogP contribution in [0.2, 0.25) is 0 Å². The second kappa shape index (κ2) is 7.00. The molecule has 0 aromatic carbocycles. The highest BCUT2D eigenvalue weighted by Crippen LogP contribution is 2.23. The normalized spacial score (nSPS) is 26.9. The molecule has 0 saturated heterocycles. The molecule has 0 radical (unpaired) electrons. The number of amides is 1. The van der Waals surface area contributed by atoms with Crippen LogP contribution in [0.1, 0.15) is 53.4 Å². The Morgan fingerprint density at radius 2 is 1.76 bits per heavy atom. The molecule has 1 fully saturated rings. The van der Waals surface area contributed by atoms with Crippen LogP contribution in [0.4, 0.5) is 0 Å². The first-order chi connectivity index (χ1) is 7.99. The van der Waals surface area contributed by atoms with Gasteiger partial charge in [-0.25, -0.2) is 0 Å². The summed E-state index contributed by atoms with van der Waals surface area (Å²) >= 11 is 0. The smallest absolute Gasteiger partial charge is 0.236 e. The molecule has 0 heterocycles. The minimum atomic E-state index is -0.0628. The minimum Gasteiger partial charge on any atom is -0.354 e. The lowest BCUT2D eigenvalue weighted by Gasteiger charge is -2.29. The van der Waals surface area contributed by atoms with Crippen molar-refractivity contribution in [3.05, 3.63) is 0 Å². The highest BCUT2D eigenvalue weighted by atomic mass is 16.2. The van der Waals surface area contributed by atoms with Crippen LogP contribution >= 0.6 is 0 Å². The van der Waals surface area contributed by atoms with Gasteiger partial charge in [-0.3, -0.25) is 4.79 Å². The molecule has 3 heteroatoms. The second-order valence-corrected chi connectivity index (χ2v) is 5.98. The summed E-state index contributed by atoms with van der Waals surface area (Å²) < 4.78 is 0. The number of carbonyl (C=O) groups is 1. The maximum absolute atomic E-state index is 11.8. The Morgan fingerprint density at radius 1 is 1.18 bits per heavy atom. The van der Waals surface area contributed by atoms with Crippen molar-refractivity contribution in [1.29, 1.82) is 0 Å². The summed E-state index contributed by atoms with van der Waals surface area (Å²) in [5.74, 6) is 1.51. The zero-order valence-electron chi connectivity index (χ0n) is 11.8. The number of hydrogen-bond acceptors (Lipinski definition) is 2. The summed E-state index contributed by atoms with van der Waals surface area (Å²) in [7, 11) is 0. The molecule has 1 saturated carbocycles. The predicted octanol–water partition coefficient (Wildman–Crippen LogP) is 2.32. The van der Waals surface area contributed by atoms with E-state index in [2.05, 4.69) is 31.4 Å². The van der Waals surface area contributed by atoms with Crippen molar-refractivity contribution >= 4 is 5.91 Å². The Hall–Kier alpha value is -0.570. The molecule has 17 heavy (non-hydrogen) atoms. The van der Waals surface area contributed by atoms with Gasteiger partial charge in [-0.15, -0.1) is 0 Å².